The smallest absolute Gasteiger partial charge is 0.197 e. The second-order valence-electron chi connectivity index (χ2n) is 4.83. The van der Waals surface area contributed by atoms with Crippen molar-refractivity contribution in [3.63, 3.8) is 0 Å². The summed E-state index contributed by atoms with van der Waals surface area (Å²) in [7, 11) is 4.34. The first kappa shape index (κ1) is 18.8. The molecule has 3 N–H and O–H groups in total. The molecule has 2 aliphatic rings. The largest absolute Gasteiger partial charge is 0.388 e. The molecule has 1 fully saturated rings. The summed E-state index contributed by atoms with van der Waals surface area (Å²) in [5, 5.41) is 10.00. The maximum absolute atomic E-state index is 13.9. The van der Waals surface area contributed by atoms with Crippen LogP contribution in [0, 0.1) is 23.3 Å². The molecule has 0 spiro atoms. The van der Waals surface area contributed by atoms with Gasteiger partial charge in [0, 0.05) is 18.2 Å². The van der Waals surface area contributed by atoms with E-state index in [1.807, 2.05) is 0 Å². The van der Waals surface area contributed by atoms with Crippen molar-refractivity contribution in [2.75, 3.05) is 21.2 Å². The van der Waals surface area contributed by atoms with Crippen LogP contribution in [0.3, 0.4) is 0 Å². The third-order valence-corrected chi connectivity index (χ3v) is 4.05. The van der Waals surface area contributed by atoms with Crippen LogP contribution in [0.15, 0.2) is 0 Å². The number of fused-ring (bicyclic) bond motifs is 5. The van der Waals surface area contributed by atoms with Crippen LogP contribution in [0.4, 0.5) is 17.6 Å². The molecule has 0 saturated carbocycles. The third-order valence-electron chi connectivity index (χ3n) is 4.05. The van der Waals surface area contributed by atoms with E-state index in [0.717, 1.165) is 0 Å². The van der Waals surface area contributed by atoms with Crippen LogP contribution in [0.1, 0.15) is 30.6 Å². The van der Waals surface area contributed by atoms with Gasteiger partial charge in [-0.15, -0.1) is 0 Å². The van der Waals surface area contributed by atoms with E-state index in [0.29, 0.717) is 0 Å². The van der Waals surface area contributed by atoms with Gasteiger partial charge in [-0.25, -0.2) is 17.6 Å². The Morgan fingerprint density at radius 2 is 1.36 bits per heavy atom. The summed E-state index contributed by atoms with van der Waals surface area (Å²) in [6.45, 7) is 0. The molecule has 0 aliphatic carbocycles. The summed E-state index contributed by atoms with van der Waals surface area (Å²) < 4.78 is 59.3. The highest BCUT2D eigenvalue weighted by Crippen LogP contribution is 2.55. The topological polar surface area (TPSA) is 58.7 Å². The number of hydrogen-bond donors (Lipinski definition) is 2. The summed E-state index contributed by atoms with van der Waals surface area (Å²) in [5.41, 5.74) is 3.92. The van der Waals surface area contributed by atoms with Gasteiger partial charge in [-0.05, 0) is 14.1 Å². The van der Waals surface area contributed by atoms with Crippen molar-refractivity contribution in [1.82, 2.24) is 4.90 Å². The van der Waals surface area contributed by atoms with Gasteiger partial charge in [0.15, 0.2) is 23.3 Å². The van der Waals surface area contributed by atoms with Crippen LogP contribution >= 0.6 is 0 Å². The minimum absolute atomic E-state index is 0. The molecule has 1 saturated heterocycles. The molecule has 4 nitrogen and oxygen atoms in total. The maximum Gasteiger partial charge on any atom is 0.197 e. The van der Waals surface area contributed by atoms with Gasteiger partial charge >= 0.3 is 0 Å². The molecule has 2 aliphatic heterocycles. The second-order valence-corrected chi connectivity index (χ2v) is 4.83. The van der Waals surface area contributed by atoms with Gasteiger partial charge in [0.1, 0.15) is 12.2 Å². The molecule has 0 radical (unpaired) electrons. The van der Waals surface area contributed by atoms with Gasteiger partial charge in [0.05, 0.1) is 12.1 Å². The number of benzene rings is 1. The number of halogens is 4. The highest BCUT2D eigenvalue weighted by molar-refractivity contribution is 5.46. The molecule has 0 amide bonds. The molecule has 22 heavy (non-hydrogen) atoms. The number of aliphatic hydroxyl groups is 1. The molecule has 3 rings (SSSR count). The van der Waals surface area contributed by atoms with E-state index in [2.05, 4.69) is 5.73 Å². The standard InChI is InChI=1S/C12H11F4NO2.CH5N.CH4/c1-17-9-3-4(10(17)12(19-2)11(9)18)6(14)8(16)7(15)5(3)13;1-2;/h9-12,18H,1-2H3;2H2,1H3;1H4/t9?,10-,11?,12+;;/m0../s1. The Labute approximate surface area is 126 Å². The zero-order valence-electron chi connectivity index (χ0n) is 11.7. The number of rotatable bonds is 1. The predicted octanol–water partition coefficient (Wildman–Crippen LogP) is 1.87. The van der Waals surface area contributed by atoms with Gasteiger partial charge in [-0.1, -0.05) is 7.43 Å². The van der Waals surface area contributed by atoms with Crippen LogP contribution in [-0.2, 0) is 4.74 Å². The average molecular weight is 324 g/mol. The van der Waals surface area contributed by atoms with Gasteiger partial charge in [-0.2, -0.15) is 0 Å². The lowest BCUT2D eigenvalue weighted by Crippen LogP contribution is -2.34. The monoisotopic (exact) mass is 324 g/mol. The van der Waals surface area contributed by atoms with Gasteiger partial charge in [0.25, 0.3) is 0 Å². The number of hydrogen-bond acceptors (Lipinski definition) is 4. The van der Waals surface area contributed by atoms with Crippen molar-refractivity contribution >= 4 is 0 Å². The molecule has 126 valence electrons. The van der Waals surface area contributed by atoms with Crippen LogP contribution in [0.25, 0.3) is 0 Å². The number of likely N-dealkylation sites (N-methyl/N-ethyl adjacent to an activating group) is 1. The summed E-state index contributed by atoms with van der Waals surface area (Å²) in [6.07, 6.45) is -1.92. The lowest BCUT2D eigenvalue weighted by molar-refractivity contribution is -0.0113. The average Bonchev–Trinajstić information content (AvgIpc) is 2.92. The molecule has 0 aromatic heterocycles. The van der Waals surface area contributed by atoms with Gasteiger partial charge < -0.3 is 15.6 Å². The number of ether oxygens (including phenoxy) is 1. The zero-order valence-corrected chi connectivity index (χ0v) is 11.7. The van der Waals surface area contributed by atoms with Crippen molar-refractivity contribution in [3.8, 4) is 0 Å². The normalized spacial score (nSPS) is 28.8. The maximum atomic E-state index is 13.9. The Morgan fingerprint density at radius 1 is 0.955 bits per heavy atom. The molecule has 8 heteroatoms. The van der Waals surface area contributed by atoms with E-state index in [4.69, 9.17) is 4.74 Å². The first-order chi connectivity index (χ1) is 9.91. The third kappa shape index (κ3) is 2.13. The van der Waals surface area contributed by atoms with Crippen molar-refractivity contribution in [2.24, 2.45) is 5.73 Å². The van der Waals surface area contributed by atoms with E-state index in [-0.39, 0.29) is 18.6 Å². The molecular formula is C14H20F4N2O2. The van der Waals surface area contributed by atoms with E-state index >= 15 is 0 Å². The molecule has 4 atom stereocenters. The highest BCUT2D eigenvalue weighted by atomic mass is 19.2. The Bertz CT molecular complexity index is 571. The van der Waals surface area contributed by atoms with Crippen LogP contribution in [0.2, 0.25) is 0 Å². The summed E-state index contributed by atoms with van der Waals surface area (Å²) in [6, 6.07) is -1.76. The SMILES string of the molecule is C.CN.CO[C@H]1C(O)C2c3c(F)c(F)c(F)c(F)c3[C@@H]1N2C. The van der Waals surface area contributed by atoms with Crippen molar-refractivity contribution < 1.29 is 27.4 Å². The van der Waals surface area contributed by atoms with Crippen molar-refractivity contribution in [1.29, 1.82) is 0 Å². The van der Waals surface area contributed by atoms with E-state index < -0.39 is 47.6 Å². The fourth-order valence-electron chi connectivity index (χ4n) is 3.27. The second kappa shape index (κ2) is 6.49. The Kier molecular flexibility index (Phi) is 5.56. The molecule has 1 aromatic rings. The lowest BCUT2D eigenvalue weighted by Gasteiger charge is -2.27. The van der Waals surface area contributed by atoms with Crippen LogP contribution in [0.5, 0.6) is 0 Å². The van der Waals surface area contributed by atoms with Crippen LogP contribution in [-0.4, -0.2) is 43.4 Å². The minimum Gasteiger partial charge on any atom is -0.388 e. The van der Waals surface area contributed by atoms with Crippen LogP contribution < -0.4 is 5.73 Å². The lowest BCUT2D eigenvalue weighted by atomic mass is 9.86. The van der Waals surface area contributed by atoms with Crippen molar-refractivity contribution in [2.45, 2.75) is 31.7 Å². The molecule has 2 unspecified atom stereocenters. The Morgan fingerprint density at radius 3 is 1.77 bits per heavy atom. The first-order valence-corrected chi connectivity index (χ1v) is 6.28. The fourth-order valence-corrected chi connectivity index (χ4v) is 3.27. The summed E-state index contributed by atoms with van der Waals surface area (Å²) >= 11 is 0. The zero-order chi connectivity index (χ0) is 16.1. The van der Waals surface area contributed by atoms with Gasteiger partial charge in [-0.3, -0.25) is 4.90 Å². The highest BCUT2D eigenvalue weighted by Gasteiger charge is 2.58. The van der Waals surface area contributed by atoms with Gasteiger partial charge in [0.2, 0.25) is 0 Å². The predicted molar refractivity (Wildman–Crippen MR) is 73.2 cm³/mol. The molecule has 1 aromatic carbocycles. The van der Waals surface area contributed by atoms with E-state index in [9.17, 15) is 22.7 Å². The Balaban J connectivity index is 0.000000775. The Hall–Kier alpha value is -1.22. The number of nitrogens with two attached hydrogens (primary N) is 1. The van der Waals surface area contributed by atoms with Crippen molar-refractivity contribution in [3.05, 3.63) is 34.4 Å². The molecule has 2 heterocycles. The summed E-state index contributed by atoms with van der Waals surface area (Å²) in [5.74, 6) is -6.54. The summed E-state index contributed by atoms with van der Waals surface area (Å²) in [4.78, 5) is 1.47. The number of nitrogens with zero attached hydrogens (tertiary/aromatic N) is 1. The molecule has 2 bridgehead atoms. The number of methoxy groups -OCH3 is 1. The van der Waals surface area contributed by atoms with E-state index in [1.165, 1.54) is 26.1 Å². The molecular weight excluding hydrogens is 304 g/mol. The minimum atomic E-state index is -1.85. The first-order valence-electron chi connectivity index (χ1n) is 6.28. The fraction of sp³-hybridized carbons (Fsp3) is 0.571. The quantitative estimate of drug-likeness (QED) is 0.470. The number of aliphatic hydroxyl groups excluding tert-OH is 1. The van der Waals surface area contributed by atoms with E-state index in [1.54, 1.807) is 0 Å².